The first-order valence-electron chi connectivity index (χ1n) is 14.2. The van der Waals surface area contributed by atoms with Crippen LogP contribution in [0.3, 0.4) is 0 Å². The number of benzene rings is 1. The van der Waals surface area contributed by atoms with Gasteiger partial charge >= 0.3 is 5.97 Å². The molecule has 1 aliphatic rings. The highest BCUT2D eigenvalue weighted by atomic mass is 19.2. The Kier molecular flexibility index (Phi) is 14.0. The van der Waals surface area contributed by atoms with E-state index in [4.69, 9.17) is 4.74 Å². The first kappa shape index (κ1) is 30.2. The van der Waals surface area contributed by atoms with Crippen molar-refractivity contribution in [2.45, 2.75) is 116 Å². The number of rotatable bonds is 19. The van der Waals surface area contributed by atoms with Crippen LogP contribution in [0.4, 0.5) is 8.78 Å². The molecule has 0 bridgehead atoms. The molecular formula is C31H46F2O3. The number of carboxylic acid groups (broad SMARTS) is 1. The van der Waals surface area contributed by atoms with Crippen LogP contribution in [0.5, 0.6) is 0 Å². The summed E-state index contributed by atoms with van der Waals surface area (Å²) in [4.78, 5) is 11.5. The minimum Gasteiger partial charge on any atom is -0.480 e. The number of carboxylic acids is 1. The number of ether oxygens (including phenoxy) is 1. The monoisotopic (exact) mass is 504 g/mol. The molecule has 0 aromatic heterocycles. The van der Waals surface area contributed by atoms with Crippen LogP contribution in [0.15, 0.2) is 48.1 Å². The third-order valence-electron chi connectivity index (χ3n) is 7.14. The van der Waals surface area contributed by atoms with Crippen molar-refractivity contribution >= 4 is 5.97 Å². The molecule has 0 saturated heterocycles. The second-order valence-electron chi connectivity index (χ2n) is 10.1. The highest BCUT2D eigenvalue weighted by molar-refractivity contribution is 5.76. The largest absolute Gasteiger partial charge is 0.480 e. The number of aryl methyl sites for hydroxylation is 1. The van der Waals surface area contributed by atoms with Gasteiger partial charge in [0.15, 0.2) is 17.3 Å². The van der Waals surface area contributed by atoms with Gasteiger partial charge in [-0.2, -0.15) is 0 Å². The second-order valence-corrected chi connectivity index (χ2v) is 10.1. The fourth-order valence-electron chi connectivity index (χ4n) is 4.96. The molecule has 36 heavy (non-hydrogen) atoms. The summed E-state index contributed by atoms with van der Waals surface area (Å²) >= 11 is 0. The molecule has 0 spiro atoms. The standard InChI is InChI=1S/C31H46F2O3/c1-3-5-7-9-11-13-15-19-25-20-16-17-21-27(25)31(36-24-18-14-12-10-8-6-4-2)23-22-26(30(34)35)28(32)29(31)33/h16-17,20-23,26H,3-15,18-19,24H2,1-2H3,(H,34,35). The van der Waals surface area contributed by atoms with E-state index < -0.39 is 29.1 Å². The molecule has 0 aliphatic heterocycles. The molecule has 0 fully saturated rings. The number of unbranched alkanes of at least 4 members (excludes halogenated alkanes) is 12. The van der Waals surface area contributed by atoms with Gasteiger partial charge < -0.3 is 9.84 Å². The fraction of sp³-hybridized carbons (Fsp3) is 0.645. The summed E-state index contributed by atoms with van der Waals surface area (Å²) in [6.07, 6.45) is 19.2. The zero-order valence-electron chi connectivity index (χ0n) is 22.4. The highest BCUT2D eigenvalue weighted by Crippen LogP contribution is 2.45. The maximum Gasteiger partial charge on any atom is 0.317 e. The Morgan fingerprint density at radius 3 is 2.03 bits per heavy atom. The van der Waals surface area contributed by atoms with Crippen LogP contribution in [0.25, 0.3) is 0 Å². The van der Waals surface area contributed by atoms with Crippen molar-refractivity contribution in [1.82, 2.24) is 0 Å². The lowest BCUT2D eigenvalue weighted by molar-refractivity contribution is -0.139. The Labute approximate surface area is 217 Å². The lowest BCUT2D eigenvalue weighted by Gasteiger charge is -2.35. The molecule has 0 amide bonds. The zero-order valence-corrected chi connectivity index (χ0v) is 22.4. The van der Waals surface area contributed by atoms with E-state index in [2.05, 4.69) is 13.8 Å². The summed E-state index contributed by atoms with van der Waals surface area (Å²) in [5.41, 5.74) is -0.214. The first-order valence-corrected chi connectivity index (χ1v) is 14.2. The molecule has 1 N–H and O–H groups in total. The summed E-state index contributed by atoms with van der Waals surface area (Å²) in [6.45, 7) is 4.67. The van der Waals surface area contributed by atoms with E-state index in [1.54, 1.807) is 6.07 Å². The summed E-state index contributed by atoms with van der Waals surface area (Å²) in [5, 5.41) is 9.34. The fourth-order valence-corrected chi connectivity index (χ4v) is 4.96. The molecule has 202 valence electrons. The number of hydrogen-bond acceptors (Lipinski definition) is 2. The van der Waals surface area contributed by atoms with E-state index in [9.17, 15) is 14.3 Å². The summed E-state index contributed by atoms with van der Waals surface area (Å²) in [5.74, 6) is -5.42. The number of carbonyl (C=O) groups is 1. The van der Waals surface area contributed by atoms with Crippen LogP contribution in [-0.4, -0.2) is 17.7 Å². The van der Waals surface area contributed by atoms with Crippen LogP contribution in [0, 0.1) is 5.92 Å². The summed E-state index contributed by atoms with van der Waals surface area (Å²) in [7, 11) is 0. The van der Waals surface area contributed by atoms with Crippen molar-refractivity contribution in [2.24, 2.45) is 5.92 Å². The smallest absolute Gasteiger partial charge is 0.317 e. The number of aliphatic carboxylic acids is 1. The molecule has 0 heterocycles. The molecule has 5 heteroatoms. The Bertz CT molecular complexity index is 848. The van der Waals surface area contributed by atoms with Crippen molar-refractivity contribution in [3.05, 3.63) is 59.2 Å². The van der Waals surface area contributed by atoms with Crippen LogP contribution in [0.2, 0.25) is 0 Å². The zero-order chi connectivity index (χ0) is 26.2. The van der Waals surface area contributed by atoms with Crippen molar-refractivity contribution in [1.29, 1.82) is 0 Å². The minimum absolute atomic E-state index is 0.280. The average molecular weight is 505 g/mol. The van der Waals surface area contributed by atoms with Gasteiger partial charge in [-0.05, 0) is 36.5 Å². The van der Waals surface area contributed by atoms with Gasteiger partial charge in [-0.1, -0.05) is 121 Å². The molecule has 1 aromatic carbocycles. The third-order valence-corrected chi connectivity index (χ3v) is 7.14. The molecule has 1 aliphatic carbocycles. The van der Waals surface area contributed by atoms with Crippen molar-refractivity contribution in [2.75, 3.05) is 6.61 Å². The topological polar surface area (TPSA) is 46.5 Å². The van der Waals surface area contributed by atoms with Gasteiger partial charge in [0, 0.05) is 6.61 Å². The van der Waals surface area contributed by atoms with Gasteiger partial charge in [0.05, 0.1) is 0 Å². The van der Waals surface area contributed by atoms with E-state index in [0.717, 1.165) is 44.1 Å². The number of halogens is 2. The Balaban J connectivity index is 2.15. The van der Waals surface area contributed by atoms with Gasteiger partial charge in [-0.25, -0.2) is 8.78 Å². The minimum atomic E-state index is -1.71. The lowest BCUT2D eigenvalue weighted by atomic mass is 9.81. The molecule has 0 saturated carbocycles. The molecule has 2 atom stereocenters. The lowest BCUT2D eigenvalue weighted by Crippen LogP contribution is -2.35. The van der Waals surface area contributed by atoms with E-state index in [1.165, 1.54) is 69.9 Å². The average Bonchev–Trinajstić information content (AvgIpc) is 2.87. The predicted molar refractivity (Wildman–Crippen MR) is 143 cm³/mol. The molecule has 3 nitrogen and oxygen atoms in total. The summed E-state index contributed by atoms with van der Waals surface area (Å²) < 4.78 is 36.9. The van der Waals surface area contributed by atoms with Gasteiger partial charge in [0.25, 0.3) is 0 Å². The highest BCUT2D eigenvalue weighted by Gasteiger charge is 2.45. The van der Waals surface area contributed by atoms with Crippen LogP contribution in [0.1, 0.15) is 115 Å². The molecule has 0 radical (unpaired) electrons. The van der Waals surface area contributed by atoms with Crippen LogP contribution in [-0.2, 0) is 21.6 Å². The first-order chi connectivity index (χ1) is 17.5. The predicted octanol–water partition coefficient (Wildman–Crippen LogP) is 9.36. The quantitative estimate of drug-likeness (QED) is 0.151. The van der Waals surface area contributed by atoms with E-state index in [0.29, 0.717) is 5.56 Å². The Hall–Kier alpha value is -2.01. The molecular weight excluding hydrogens is 458 g/mol. The number of hydrogen-bond donors (Lipinski definition) is 1. The third kappa shape index (κ3) is 8.83. The maximum atomic E-state index is 15.7. The Morgan fingerprint density at radius 1 is 0.861 bits per heavy atom. The molecule has 1 aromatic rings. The van der Waals surface area contributed by atoms with Gasteiger partial charge in [-0.15, -0.1) is 0 Å². The van der Waals surface area contributed by atoms with Gasteiger partial charge in [0.1, 0.15) is 5.92 Å². The van der Waals surface area contributed by atoms with Gasteiger partial charge in [0.2, 0.25) is 0 Å². The van der Waals surface area contributed by atoms with Crippen molar-refractivity contribution < 1.29 is 23.4 Å². The van der Waals surface area contributed by atoms with Crippen LogP contribution >= 0.6 is 0 Å². The normalized spacial score (nSPS) is 19.7. The van der Waals surface area contributed by atoms with E-state index >= 15 is 4.39 Å². The van der Waals surface area contributed by atoms with E-state index in [-0.39, 0.29) is 6.61 Å². The maximum absolute atomic E-state index is 15.7. The van der Waals surface area contributed by atoms with Crippen molar-refractivity contribution in [3.63, 3.8) is 0 Å². The van der Waals surface area contributed by atoms with E-state index in [1.807, 2.05) is 18.2 Å². The van der Waals surface area contributed by atoms with Gasteiger partial charge in [-0.3, -0.25) is 4.79 Å². The van der Waals surface area contributed by atoms with Crippen LogP contribution < -0.4 is 0 Å². The Morgan fingerprint density at radius 2 is 1.42 bits per heavy atom. The molecule has 2 unspecified atom stereocenters. The summed E-state index contributed by atoms with van der Waals surface area (Å²) in [6, 6.07) is 7.46. The molecule has 2 rings (SSSR count). The second kappa shape index (κ2) is 16.7. The van der Waals surface area contributed by atoms with Crippen molar-refractivity contribution in [3.8, 4) is 0 Å². The SMILES string of the molecule is CCCCCCCCCOC1(c2ccccc2CCCCCCCCC)C=CC(C(=O)O)C(F)=C1F.